The Hall–Kier alpha value is -3.56. The standard InChI is InChI=1S/C25H28F3N7OS/c1-16-7-6-8-20(30-16)18-11-21(31-23-19(25(26,27)28)14-34(2)33-23)32-24-22(18)17(12-29)13-35(24)15-36-9-10-37(3,4)5/h6-8,11,13-14H,9-10,15H2,1-5H3,(H,31,32,33). The lowest BCUT2D eigenvalue weighted by Gasteiger charge is -2.24. The first-order valence-electron chi connectivity index (χ1n) is 11.4. The van der Waals surface area contributed by atoms with Crippen molar-refractivity contribution in [1.29, 1.82) is 5.26 Å². The topological polar surface area (TPSA) is 93.6 Å². The Morgan fingerprint density at radius 1 is 1.16 bits per heavy atom. The average Bonchev–Trinajstić information content (AvgIpc) is 3.35. The van der Waals surface area contributed by atoms with Crippen LogP contribution in [0.5, 0.6) is 0 Å². The molecule has 0 aliphatic heterocycles. The number of rotatable bonds is 8. The smallest absolute Gasteiger partial charge is 0.360 e. The summed E-state index contributed by atoms with van der Waals surface area (Å²) in [6.07, 6.45) is 4.55. The highest BCUT2D eigenvalue weighted by molar-refractivity contribution is 8.32. The summed E-state index contributed by atoms with van der Waals surface area (Å²) in [6, 6.07) is 9.26. The molecular weight excluding hydrogens is 503 g/mol. The molecule has 4 aromatic rings. The van der Waals surface area contributed by atoms with Gasteiger partial charge in [0.15, 0.2) is 5.82 Å². The van der Waals surface area contributed by atoms with Crippen LogP contribution < -0.4 is 5.32 Å². The summed E-state index contributed by atoms with van der Waals surface area (Å²) in [7, 11) is 0.673. The zero-order chi connectivity index (χ0) is 27.0. The van der Waals surface area contributed by atoms with Gasteiger partial charge in [0, 0.05) is 41.8 Å². The minimum Gasteiger partial charge on any atom is -0.360 e. The van der Waals surface area contributed by atoms with Gasteiger partial charge in [-0.25, -0.2) is 15.0 Å². The highest BCUT2D eigenvalue weighted by Crippen LogP contribution is 2.38. The van der Waals surface area contributed by atoms with Crippen LogP contribution in [0.2, 0.25) is 0 Å². The number of fused-ring (bicyclic) bond motifs is 1. The van der Waals surface area contributed by atoms with Gasteiger partial charge in [0.2, 0.25) is 0 Å². The van der Waals surface area contributed by atoms with E-state index in [0.29, 0.717) is 34.5 Å². The second kappa shape index (κ2) is 10.1. The van der Waals surface area contributed by atoms with E-state index in [0.717, 1.165) is 22.3 Å². The second-order valence-electron chi connectivity index (χ2n) is 9.56. The molecular formula is C25H28F3N7OS. The van der Waals surface area contributed by atoms with Crippen molar-refractivity contribution in [2.45, 2.75) is 19.8 Å². The van der Waals surface area contributed by atoms with Gasteiger partial charge in [0.05, 0.1) is 17.9 Å². The molecule has 4 heterocycles. The van der Waals surface area contributed by atoms with E-state index < -0.39 is 21.8 Å². The van der Waals surface area contributed by atoms with Crippen molar-refractivity contribution >= 4 is 32.7 Å². The van der Waals surface area contributed by atoms with E-state index in [2.05, 4.69) is 45.2 Å². The number of hydrogen-bond donors (Lipinski definition) is 1. The summed E-state index contributed by atoms with van der Waals surface area (Å²) in [5.74, 6) is 0.682. The zero-order valence-electron chi connectivity index (χ0n) is 21.2. The summed E-state index contributed by atoms with van der Waals surface area (Å²) in [4.78, 5) is 9.18. The van der Waals surface area contributed by atoms with E-state index in [9.17, 15) is 18.4 Å². The number of hydrogen-bond acceptors (Lipinski definition) is 6. The number of nitrogens with one attached hydrogen (secondary N) is 1. The van der Waals surface area contributed by atoms with Crippen molar-refractivity contribution in [3.63, 3.8) is 0 Å². The predicted molar refractivity (Wildman–Crippen MR) is 140 cm³/mol. The van der Waals surface area contributed by atoms with Crippen LogP contribution in [0, 0.1) is 18.3 Å². The van der Waals surface area contributed by atoms with Crippen LogP contribution in [0.1, 0.15) is 16.8 Å². The second-order valence-corrected chi connectivity index (χ2v) is 14.2. The predicted octanol–water partition coefficient (Wildman–Crippen LogP) is 5.44. The summed E-state index contributed by atoms with van der Waals surface area (Å²) in [5.41, 5.74) is 1.74. The van der Waals surface area contributed by atoms with E-state index in [4.69, 9.17) is 4.74 Å². The third-order valence-corrected chi connectivity index (χ3v) is 6.95. The molecule has 12 heteroatoms. The van der Waals surface area contributed by atoms with Crippen LogP contribution in [-0.4, -0.2) is 55.4 Å². The van der Waals surface area contributed by atoms with Gasteiger partial charge in [-0.05, 0) is 43.9 Å². The Morgan fingerprint density at radius 2 is 1.92 bits per heavy atom. The number of halogens is 3. The quantitative estimate of drug-likeness (QED) is 0.304. The molecule has 0 aliphatic rings. The van der Waals surface area contributed by atoms with Crippen LogP contribution in [0.4, 0.5) is 24.8 Å². The van der Waals surface area contributed by atoms with E-state index >= 15 is 0 Å². The highest BCUT2D eigenvalue weighted by Gasteiger charge is 2.36. The number of anilines is 2. The monoisotopic (exact) mass is 531 g/mol. The number of aromatic nitrogens is 5. The Morgan fingerprint density at radius 3 is 2.57 bits per heavy atom. The van der Waals surface area contributed by atoms with Gasteiger partial charge in [-0.15, -0.1) is 0 Å². The van der Waals surface area contributed by atoms with Crippen molar-refractivity contribution in [1.82, 2.24) is 24.3 Å². The van der Waals surface area contributed by atoms with Crippen molar-refractivity contribution < 1.29 is 17.9 Å². The molecule has 0 aliphatic carbocycles. The molecule has 0 saturated carbocycles. The van der Waals surface area contributed by atoms with Gasteiger partial charge in [-0.3, -0.25) is 9.67 Å². The summed E-state index contributed by atoms with van der Waals surface area (Å²) >= 11 is 0. The average molecular weight is 532 g/mol. The number of nitriles is 1. The molecule has 0 aromatic carbocycles. The molecule has 8 nitrogen and oxygen atoms in total. The summed E-state index contributed by atoms with van der Waals surface area (Å²) in [6.45, 7) is 2.52. The number of pyridine rings is 2. The van der Waals surface area contributed by atoms with Gasteiger partial charge in [-0.1, -0.05) is 6.07 Å². The van der Waals surface area contributed by atoms with E-state index in [1.54, 1.807) is 22.9 Å². The molecule has 0 unspecified atom stereocenters. The van der Waals surface area contributed by atoms with Crippen LogP contribution >= 0.6 is 10.0 Å². The van der Waals surface area contributed by atoms with E-state index in [-0.39, 0.29) is 18.4 Å². The first kappa shape index (κ1) is 26.5. The first-order chi connectivity index (χ1) is 17.4. The van der Waals surface area contributed by atoms with Crippen LogP contribution in [0.25, 0.3) is 22.3 Å². The molecule has 4 aromatic heterocycles. The van der Waals surface area contributed by atoms with Crippen LogP contribution in [0.3, 0.4) is 0 Å². The van der Waals surface area contributed by atoms with E-state index in [1.165, 1.54) is 7.05 Å². The minimum absolute atomic E-state index is 0.137. The molecule has 0 atom stereocenters. The maximum absolute atomic E-state index is 13.6. The zero-order valence-corrected chi connectivity index (χ0v) is 22.0. The Bertz CT molecular complexity index is 1480. The third kappa shape index (κ3) is 6.06. The van der Waals surface area contributed by atoms with Crippen molar-refractivity contribution in [2.24, 2.45) is 7.05 Å². The molecule has 0 fully saturated rings. The van der Waals surface area contributed by atoms with Crippen molar-refractivity contribution in [3.05, 3.63) is 53.5 Å². The van der Waals surface area contributed by atoms with Gasteiger partial charge >= 0.3 is 6.18 Å². The molecule has 37 heavy (non-hydrogen) atoms. The largest absolute Gasteiger partial charge is 0.421 e. The number of nitrogens with zero attached hydrogens (tertiary/aromatic N) is 6. The fourth-order valence-corrected chi connectivity index (χ4v) is 4.43. The maximum Gasteiger partial charge on any atom is 0.421 e. The molecule has 0 saturated heterocycles. The van der Waals surface area contributed by atoms with Crippen molar-refractivity contribution in [2.75, 3.05) is 36.4 Å². The molecule has 0 bridgehead atoms. The van der Waals surface area contributed by atoms with Gasteiger partial charge < -0.3 is 14.6 Å². The normalized spacial score (nSPS) is 12.6. The molecule has 0 amide bonds. The van der Waals surface area contributed by atoms with Crippen LogP contribution in [0.15, 0.2) is 36.7 Å². The molecule has 0 spiro atoms. The Labute approximate surface area is 214 Å². The lowest BCUT2D eigenvalue weighted by atomic mass is 10.1. The number of ether oxygens (including phenoxy) is 1. The SMILES string of the molecule is Cc1cccc(-c2cc(Nc3nn(C)cc3C(F)(F)F)nc3c2c(C#N)cn3COCCS(C)(C)C)n1. The molecule has 0 radical (unpaired) electrons. The fourth-order valence-electron chi connectivity index (χ4n) is 3.81. The summed E-state index contributed by atoms with van der Waals surface area (Å²) < 4.78 is 49.5. The summed E-state index contributed by atoms with van der Waals surface area (Å²) in [5, 5.41) is 17.1. The molecule has 4 rings (SSSR count). The third-order valence-electron chi connectivity index (χ3n) is 5.56. The van der Waals surface area contributed by atoms with Gasteiger partial charge in [0.25, 0.3) is 0 Å². The lowest BCUT2D eigenvalue weighted by molar-refractivity contribution is -0.137. The van der Waals surface area contributed by atoms with E-state index in [1.807, 2.05) is 19.1 Å². The lowest BCUT2D eigenvalue weighted by Crippen LogP contribution is -2.10. The van der Waals surface area contributed by atoms with Crippen LogP contribution in [-0.2, 0) is 24.7 Å². The fraction of sp³-hybridized carbons (Fsp3) is 0.360. The number of alkyl halides is 3. The molecule has 1 N–H and O–H groups in total. The number of aryl methyl sites for hydroxylation is 2. The molecule has 196 valence electrons. The minimum atomic E-state index is -4.60. The highest BCUT2D eigenvalue weighted by atomic mass is 32.3. The Kier molecular flexibility index (Phi) is 7.21. The van der Waals surface area contributed by atoms with Gasteiger partial charge in [0.1, 0.15) is 29.8 Å². The Balaban J connectivity index is 1.84. The maximum atomic E-state index is 13.6. The van der Waals surface area contributed by atoms with Gasteiger partial charge in [-0.2, -0.15) is 23.5 Å². The van der Waals surface area contributed by atoms with Crippen molar-refractivity contribution in [3.8, 4) is 17.3 Å². The first-order valence-corrected chi connectivity index (χ1v) is 14.4.